The fourth-order valence-electron chi connectivity index (χ4n) is 3.91. The molecule has 5 heteroatoms. The molecule has 112 valence electrons. The van der Waals surface area contributed by atoms with E-state index in [-0.39, 0.29) is 23.8 Å². The van der Waals surface area contributed by atoms with E-state index in [1.54, 1.807) is 12.1 Å². The molecule has 2 saturated carbocycles. The molecule has 0 saturated heterocycles. The number of hydrogen-bond acceptors (Lipinski definition) is 2. The van der Waals surface area contributed by atoms with Crippen molar-refractivity contribution in [3.63, 3.8) is 0 Å². The molecule has 2 aliphatic carbocycles. The van der Waals surface area contributed by atoms with E-state index in [9.17, 15) is 14.7 Å². The van der Waals surface area contributed by atoms with Crippen LogP contribution in [-0.4, -0.2) is 23.0 Å². The van der Waals surface area contributed by atoms with Crippen LogP contribution in [0.25, 0.3) is 0 Å². The fraction of sp³-hybridized carbons (Fsp3) is 0.500. The Morgan fingerprint density at radius 3 is 2.71 bits per heavy atom. The van der Waals surface area contributed by atoms with Crippen molar-refractivity contribution >= 4 is 23.5 Å². The highest BCUT2D eigenvalue weighted by Crippen LogP contribution is 2.48. The van der Waals surface area contributed by atoms with Crippen LogP contribution in [0.3, 0.4) is 0 Å². The lowest BCUT2D eigenvalue weighted by atomic mass is 9.84. The number of hydrogen-bond donors (Lipinski definition) is 2. The van der Waals surface area contributed by atoms with Crippen molar-refractivity contribution in [2.45, 2.75) is 32.2 Å². The van der Waals surface area contributed by atoms with Gasteiger partial charge >= 0.3 is 5.97 Å². The van der Waals surface area contributed by atoms with E-state index < -0.39 is 11.9 Å². The molecule has 1 aromatic rings. The summed E-state index contributed by atoms with van der Waals surface area (Å²) in [5.74, 6) is -1.05. The molecule has 2 N–H and O–H groups in total. The van der Waals surface area contributed by atoms with E-state index in [1.165, 1.54) is 0 Å². The molecule has 4 nitrogen and oxygen atoms in total. The summed E-state index contributed by atoms with van der Waals surface area (Å²) in [6, 6.07) is 5.03. The number of halogens is 1. The van der Waals surface area contributed by atoms with Gasteiger partial charge in [-0.3, -0.25) is 9.59 Å². The van der Waals surface area contributed by atoms with Gasteiger partial charge in [0, 0.05) is 6.04 Å². The van der Waals surface area contributed by atoms with Gasteiger partial charge in [-0.15, -0.1) is 0 Å². The molecule has 1 amide bonds. The number of carboxylic acids is 1. The molecular formula is C16H18ClNO3. The minimum absolute atomic E-state index is 0.200. The second-order valence-electron chi connectivity index (χ2n) is 6.13. The molecule has 1 aromatic carbocycles. The van der Waals surface area contributed by atoms with E-state index >= 15 is 0 Å². The van der Waals surface area contributed by atoms with E-state index in [4.69, 9.17) is 11.6 Å². The van der Waals surface area contributed by atoms with Crippen LogP contribution < -0.4 is 5.32 Å². The molecule has 0 aliphatic heterocycles. The maximum Gasteiger partial charge on any atom is 0.308 e. The second kappa shape index (κ2) is 5.34. The third kappa shape index (κ3) is 2.42. The highest BCUT2D eigenvalue weighted by molar-refractivity contribution is 6.34. The summed E-state index contributed by atoms with van der Waals surface area (Å²) in [6.07, 6.45) is 2.86. The van der Waals surface area contributed by atoms with Gasteiger partial charge < -0.3 is 10.4 Å². The summed E-state index contributed by atoms with van der Waals surface area (Å²) in [5.41, 5.74) is 1.26. The van der Waals surface area contributed by atoms with E-state index in [0.29, 0.717) is 10.6 Å². The van der Waals surface area contributed by atoms with Crippen LogP contribution in [-0.2, 0) is 4.79 Å². The molecule has 0 spiro atoms. The molecule has 2 aliphatic rings. The van der Waals surface area contributed by atoms with Crippen LogP contribution >= 0.6 is 11.6 Å². The third-order valence-corrected chi connectivity index (χ3v) is 5.44. The number of aryl methyl sites for hydroxylation is 1. The van der Waals surface area contributed by atoms with Gasteiger partial charge in [0.25, 0.3) is 5.91 Å². The Bertz CT molecular complexity index is 601. The number of nitrogens with one attached hydrogen (secondary N) is 1. The van der Waals surface area contributed by atoms with Crippen molar-refractivity contribution in [1.82, 2.24) is 5.32 Å². The first-order chi connectivity index (χ1) is 9.99. The lowest BCUT2D eigenvalue weighted by Gasteiger charge is -2.29. The SMILES string of the molecule is Cc1cccc(C(=O)NC2C3CCC(C3)C2C(=O)O)c1Cl. The zero-order valence-electron chi connectivity index (χ0n) is 11.8. The van der Waals surface area contributed by atoms with Gasteiger partial charge in [0.15, 0.2) is 0 Å². The van der Waals surface area contributed by atoms with Crippen LogP contribution in [0, 0.1) is 24.7 Å². The Hall–Kier alpha value is -1.55. The van der Waals surface area contributed by atoms with Crippen LogP contribution in [0.1, 0.15) is 35.2 Å². The normalized spacial score (nSPS) is 30.4. The Labute approximate surface area is 128 Å². The topological polar surface area (TPSA) is 66.4 Å². The van der Waals surface area contributed by atoms with Gasteiger partial charge in [0.1, 0.15) is 0 Å². The average molecular weight is 308 g/mol. The smallest absolute Gasteiger partial charge is 0.308 e. The number of carbonyl (C=O) groups is 2. The Kier molecular flexibility index (Phi) is 3.66. The summed E-state index contributed by atoms with van der Waals surface area (Å²) >= 11 is 6.17. The predicted molar refractivity (Wildman–Crippen MR) is 79.4 cm³/mol. The van der Waals surface area contributed by atoms with Crippen molar-refractivity contribution < 1.29 is 14.7 Å². The molecule has 0 heterocycles. The molecule has 4 atom stereocenters. The number of carbonyl (C=O) groups excluding carboxylic acids is 1. The first-order valence-corrected chi connectivity index (χ1v) is 7.65. The Balaban J connectivity index is 1.81. The molecule has 2 bridgehead atoms. The first-order valence-electron chi connectivity index (χ1n) is 7.28. The van der Waals surface area contributed by atoms with E-state index in [0.717, 1.165) is 24.8 Å². The third-order valence-electron chi connectivity index (χ3n) is 4.94. The quantitative estimate of drug-likeness (QED) is 0.902. The van der Waals surface area contributed by atoms with Crippen molar-refractivity contribution in [2.75, 3.05) is 0 Å². The van der Waals surface area contributed by atoms with Gasteiger partial charge in [-0.2, -0.15) is 0 Å². The largest absolute Gasteiger partial charge is 0.481 e. The van der Waals surface area contributed by atoms with E-state index in [1.807, 2.05) is 13.0 Å². The lowest BCUT2D eigenvalue weighted by Crippen LogP contribution is -2.46. The number of aliphatic carboxylic acids is 1. The summed E-state index contributed by atoms with van der Waals surface area (Å²) in [4.78, 5) is 23.9. The van der Waals surface area contributed by atoms with Gasteiger partial charge in [-0.05, 0) is 49.7 Å². The van der Waals surface area contributed by atoms with Gasteiger partial charge in [0.05, 0.1) is 16.5 Å². The van der Waals surface area contributed by atoms with Crippen molar-refractivity contribution in [3.05, 3.63) is 34.3 Å². The number of rotatable bonds is 3. The Morgan fingerprint density at radius 1 is 1.29 bits per heavy atom. The molecule has 3 rings (SSSR count). The average Bonchev–Trinajstić information content (AvgIpc) is 3.02. The maximum atomic E-state index is 12.4. The van der Waals surface area contributed by atoms with Gasteiger partial charge in [0.2, 0.25) is 0 Å². The van der Waals surface area contributed by atoms with Crippen LogP contribution in [0.15, 0.2) is 18.2 Å². The zero-order valence-corrected chi connectivity index (χ0v) is 12.6. The van der Waals surface area contributed by atoms with E-state index in [2.05, 4.69) is 5.32 Å². The summed E-state index contributed by atoms with van der Waals surface area (Å²) in [7, 11) is 0. The molecule has 0 radical (unpaired) electrons. The molecular weight excluding hydrogens is 290 g/mol. The number of amides is 1. The summed E-state index contributed by atoms with van der Waals surface area (Å²) in [6.45, 7) is 1.84. The Morgan fingerprint density at radius 2 is 2.00 bits per heavy atom. The monoisotopic (exact) mass is 307 g/mol. The minimum atomic E-state index is -0.803. The summed E-state index contributed by atoms with van der Waals surface area (Å²) < 4.78 is 0. The van der Waals surface area contributed by atoms with Crippen LogP contribution in [0.4, 0.5) is 0 Å². The highest BCUT2D eigenvalue weighted by Gasteiger charge is 2.51. The van der Waals surface area contributed by atoms with Gasteiger partial charge in [-0.25, -0.2) is 0 Å². The zero-order chi connectivity index (χ0) is 15.1. The minimum Gasteiger partial charge on any atom is -0.481 e. The maximum absolute atomic E-state index is 12.4. The number of fused-ring (bicyclic) bond motifs is 2. The first kappa shape index (κ1) is 14.4. The standard InChI is InChI=1S/C16H18ClNO3/c1-8-3-2-4-11(13(8)17)15(19)18-14-10-6-5-9(7-10)12(14)16(20)21/h2-4,9-10,12,14H,5-7H2,1H3,(H,18,19)(H,20,21). The van der Waals surface area contributed by atoms with Gasteiger partial charge in [-0.1, -0.05) is 23.7 Å². The molecule has 0 aromatic heterocycles. The molecule has 4 unspecified atom stereocenters. The second-order valence-corrected chi connectivity index (χ2v) is 6.51. The fourth-order valence-corrected chi connectivity index (χ4v) is 4.12. The van der Waals surface area contributed by atoms with Crippen LogP contribution in [0.2, 0.25) is 5.02 Å². The molecule has 21 heavy (non-hydrogen) atoms. The number of carboxylic acid groups (broad SMARTS) is 1. The van der Waals surface area contributed by atoms with Crippen molar-refractivity contribution in [1.29, 1.82) is 0 Å². The van der Waals surface area contributed by atoms with Crippen LogP contribution in [0.5, 0.6) is 0 Å². The van der Waals surface area contributed by atoms with Crippen molar-refractivity contribution in [3.8, 4) is 0 Å². The highest BCUT2D eigenvalue weighted by atomic mass is 35.5. The summed E-state index contributed by atoms with van der Waals surface area (Å²) in [5, 5.41) is 12.8. The lowest BCUT2D eigenvalue weighted by molar-refractivity contribution is -0.144. The van der Waals surface area contributed by atoms with Crippen molar-refractivity contribution in [2.24, 2.45) is 17.8 Å². The predicted octanol–water partition coefficient (Wildman–Crippen LogP) is 2.88. The number of benzene rings is 1. The molecule has 2 fully saturated rings.